The number of rotatable bonds is 11. The molecule has 3 N–H and O–H groups in total. The summed E-state index contributed by atoms with van der Waals surface area (Å²) in [4.78, 5) is 26.1. The van der Waals surface area contributed by atoms with Gasteiger partial charge in [-0.1, -0.05) is 44.5 Å². The zero-order valence-corrected chi connectivity index (χ0v) is 19.0. The Balaban J connectivity index is 1.96. The summed E-state index contributed by atoms with van der Waals surface area (Å²) in [6, 6.07) is 13.0. The highest BCUT2D eigenvalue weighted by Crippen LogP contribution is 2.27. The molecule has 0 spiro atoms. The van der Waals surface area contributed by atoms with E-state index in [-0.39, 0.29) is 11.9 Å². The highest BCUT2D eigenvalue weighted by atomic mass is 16.5. The van der Waals surface area contributed by atoms with Gasteiger partial charge in [0, 0.05) is 25.7 Å². The lowest BCUT2D eigenvalue weighted by Gasteiger charge is -2.20. The summed E-state index contributed by atoms with van der Waals surface area (Å²) < 4.78 is 5.30. The van der Waals surface area contributed by atoms with Crippen molar-refractivity contribution >= 4 is 23.3 Å². The summed E-state index contributed by atoms with van der Waals surface area (Å²) in [5, 5.41) is 8.37. The predicted molar refractivity (Wildman–Crippen MR) is 125 cm³/mol. The monoisotopic (exact) mass is 426 g/mol. The Kier molecular flexibility index (Phi) is 9.84. The van der Waals surface area contributed by atoms with Crippen LogP contribution < -0.4 is 20.7 Å². The van der Waals surface area contributed by atoms with E-state index in [1.54, 1.807) is 18.2 Å². The van der Waals surface area contributed by atoms with Gasteiger partial charge in [0.15, 0.2) is 0 Å². The van der Waals surface area contributed by atoms with Crippen LogP contribution in [0.1, 0.15) is 44.7 Å². The number of hydrogen-bond acceptors (Lipinski definition) is 4. The predicted octanol–water partition coefficient (Wildman–Crippen LogP) is 4.60. The molecule has 0 aliphatic heterocycles. The van der Waals surface area contributed by atoms with Gasteiger partial charge in [0.1, 0.15) is 5.75 Å². The third-order valence-corrected chi connectivity index (χ3v) is 4.89. The third-order valence-electron chi connectivity index (χ3n) is 4.89. The molecule has 3 amide bonds. The van der Waals surface area contributed by atoms with Crippen molar-refractivity contribution < 1.29 is 14.3 Å². The van der Waals surface area contributed by atoms with E-state index < -0.39 is 0 Å². The minimum Gasteiger partial charge on any atom is -0.495 e. The van der Waals surface area contributed by atoms with Crippen molar-refractivity contribution in [1.29, 1.82) is 0 Å². The zero-order chi connectivity index (χ0) is 22.6. The second-order valence-electron chi connectivity index (χ2n) is 7.45. The number of amides is 3. The molecular formula is C24H34N4O3. The van der Waals surface area contributed by atoms with Crippen molar-refractivity contribution in [2.45, 2.75) is 46.7 Å². The van der Waals surface area contributed by atoms with Crippen molar-refractivity contribution in [3.8, 4) is 5.75 Å². The molecule has 0 aromatic heterocycles. The maximum absolute atomic E-state index is 12.4. The maximum atomic E-state index is 12.4. The van der Waals surface area contributed by atoms with Crippen LogP contribution in [0.3, 0.4) is 0 Å². The Bertz CT molecular complexity index is 870. The summed E-state index contributed by atoms with van der Waals surface area (Å²) in [6.07, 6.45) is 2.38. The lowest BCUT2D eigenvalue weighted by atomic mass is 10.1. The minimum absolute atomic E-state index is 0.184. The van der Waals surface area contributed by atoms with Crippen LogP contribution in [0.25, 0.3) is 0 Å². The van der Waals surface area contributed by atoms with Crippen LogP contribution in [-0.4, -0.2) is 37.0 Å². The largest absolute Gasteiger partial charge is 0.495 e. The molecule has 0 bridgehead atoms. The number of nitrogens with zero attached hydrogens (tertiary/aromatic N) is 1. The van der Waals surface area contributed by atoms with Crippen LogP contribution >= 0.6 is 0 Å². The van der Waals surface area contributed by atoms with Gasteiger partial charge >= 0.3 is 6.03 Å². The van der Waals surface area contributed by atoms with E-state index in [2.05, 4.69) is 46.8 Å². The number of nitrogens with one attached hydrogen (secondary N) is 3. The topological polar surface area (TPSA) is 82.7 Å². The van der Waals surface area contributed by atoms with Gasteiger partial charge in [-0.3, -0.25) is 9.69 Å². The maximum Gasteiger partial charge on any atom is 0.319 e. The van der Waals surface area contributed by atoms with E-state index in [1.807, 2.05) is 12.1 Å². The molecule has 0 saturated carbocycles. The van der Waals surface area contributed by atoms with Crippen molar-refractivity contribution in [1.82, 2.24) is 10.2 Å². The molecule has 168 valence electrons. The third kappa shape index (κ3) is 8.30. The molecule has 2 aromatic carbocycles. The Hall–Kier alpha value is -3.06. The Morgan fingerprint density at radius 1 is 1.03 bits per heavy atom. The molecule has 0 saturated heterocycles. The molecule has 0 fully saturated rings. The zero-order valence-electron chi connectivity index (χ0n) is 19.0. The molecule has 0 aliphatic rings. The highest BCUT2D eigenvalue weighted by molar-refractivity contribution is 5.94. The number of carbonyl (C=O) groups excluding carboxylic acids is 2. The fourth-order valence-corrected chi connectivity index (χ4v) is 3.26. The van der Waals surface area contributed by atoms with E-state index in [4.69, 9.17) is 4.74 Å². The van der Waals surface area contributed by atoms with Crippen LogP contribution in [-0.2, 0) is 17.9 Å². The van der Waals surface area contributed by atoms with Crippen LogP contribution in [0.4, 0.5) is 16.2 Å². The molecule has 31 heavy (non-hydrogen) atoms. The molecule has 7 heteroatoms. The quantitative estimate of drug-likeness (QED) is 0.490. The number of ether oxygens (including phenoxy) is 1. The number of anilines is 2. The molecule has 0 atom stereocenters. The number of carbonyl (C=O) groups is 2. The molecule has 0 unspecified atom stereocenters. The smallest absolute Gasteiger partial charge is 0.319 e. The van der Waals surface area contributed by atoms with Gasteiger partial charge < -0.3 is 20.7 Å². The Labute approximate surface area is 185 Å². The minimum atomic E-state index is -0.346. The van der Waals surface area contributed by atoms with E-state index >= 15 is 0 Å². The van der Waals surface area contributed by atoms with Crippen molar-refractivity contribution in [3.05, 3.63) is 53.6 Å². The Morgan fingerprint density at radius 2 is 1.81 bits per heavy atom. The summed E-state index contributed by atoms with van der Waals surface area (Å²) in [7, 11) is 1.53. The van der Waals surface area contributed by atoms with Gasteiger partial charge in [-0.25, -0.2) is 4.79 Å². The van der Waals surface area contributed by atoms with Crippen LogP contribution in [0, 0.1) is 0 Å². The average molecular weight is 427 g/mol. The molecule has 7 nitrogen and oxygen atoms in total. The number of benzene rings is 2. The van der Waals surface area contributed by atoms with E-state index in [0.717, 1.165) is 25.2 Å². The number of urea groups is 1. The molecule has 2 rings (SSSR count). The molecule has 2 aromatic rings. The van der Waals surface area contributed by atoms with Gasteiger partial charge in [0.2, 0.25) is 5.91 Å². The van der Waals surface area contributed by atoms with Gasteiger partial charge in [-0.15, -0.1) is 0 Å². The second-order valence-corrected chi connectivity index (χ2v) is 7.45. The standard InChI is InChI=1S/C24H34N4O3/c1-5-7-13-28(6-2)17-20-10-8-9-19(14-20)16-25-24(30)27-22-15-21(26-18(3)29)11-12-23(22)31-4/h8-12,14-15H,5-7,13,16-17H2,1-4H3,(H,26,29)(H2,25,27,30). The normalized spacial score (nSPS) is 10.6. The Morgan fingerprint density at radius 3 is 2.48 bits per heavy atom. The van der Waals surface area contributed by atoms with Gasteiger partial charge in [-0.05, 0) is 48.8 Å². The fraction of sp³-hybridized carbons (Fsp3) is 0.417. The first kappa shape index (κ1) is 24.2. The molecule has 0 aliphatic carbocycles. The summed E-state index contributed by atoms with van der Waals surface area (Å²) in [5.74, 6) is 0.328. The SMILES string of the molecule is CCCCN(CC)Cc1cccc(CNC(=O)Nc2cc(NC(C)=O)ccc2OC)c1. The van der Waals surface area contributed by atoms with E-state index in [1.165, 1.54) is 32.4 Å². The molecule has 0 heterocycles. The lowest BCUT2D eigenvalue weighted by Crippen LogP contribution is -2.28. The van der Waals surface area contributed by atoms with Crippen LogP contribution in [0.2, 0.25) is 0 Å². The first-order valence-corrected chi connectivity index (χ1v) is 10.8. The number of hydrogen-bond donors (Lipinski definition) is 3. The highest BCUT2D eigenvalue weighted by Gasteiger charge is 2.10. The van der Waals surface area contributed by atoms with Crippen molar-refractivity contribution in [3.63, 3.8) is 0 Å². The van der Waals surface area contributed by atoms with Crippen LogP contribution in [0.15, 0.2) is 42.5 Å². The number of methoxy groups -OCH3 is 1. The van der Waals surface area contributed by atoms with Crippen LogP contribution in [0.5, 0.6) is 5.75 Å². The molecular weight excluding hydrogens is 392 g/mol. The first-order valence-electron chi connectivity index (χ1n) is 10.8. The lowest BCUT2D eigenvalue weighted by molar-refractivity contribution is -0.114. The summed E-state index contributed by atoms with van der Waals surface area (Å²) >= 11 is 0. The van der Waals surface area contributed by atoms with Gasteiger partial charge in [-0.2, -0.15) is 0 Å². The summed E-state index contributed by atoms with van der Waals surface area (Å²) in [5.41, 5.74) is 3.34. The van der Waals surface area contributed by atoms with Gasteiger partial charge in [0.05, 0.1) is 12.8 Å². The molecule has 0 radical (unpaired) electrons. The van der Waals surface area contributed by atoms with Gasteiger partial charge in [0.25, 0.3) is 0 Å². The first-order chi connectivity index (χ1) is 14.9. The van der Waals surface area contributed by atoms with Crippen molar-refractivity contribution in [2.75, 3.05) is 30.8 Å². The van der Waals surface area contributed by atoms with Crippen molar-refractivity contribution in [2.24, 2.45) is 0 Å². The number of unbranched alkanes of at least 4 members (excludes halogenated alkanes) is 1. The average Bonchev–Trinajstić information content (AvgIpc) is 2.75. The summed E-state index contributed by atoms with van der Waals surface area (Å²) in [6.45, 7) is 9.25. The van der Waals surface area contributed by atoms with E-state index in [9.17, 15) is 9.59 Å². The van der Waals surface area contributed by atoms with E-state index in [0.29, 0.717) is 23.7 Å². The fourth-order valence-electron chi connectivity index (χ4n) is 3.26. The second kappa shape index (κ2) is 12.6.